The number of aromatic nitrogens is 3. The zero-order valence-corrected chi connectivity index (χ0v) is 19.3. The lowest BCUT2D eigenvalue weighted by Gasteiger charge is -2.37. The van der Waals surface area contributed by atoms with Crippen LogP contribution in [0.2, 0.25) is 0 Å². The first-order valence-corrected chi connectivity index (χ1v) is 11.0. The number of aryl methyl sites for hydroxylation is 1. The van der Waals surface area contributed by atoms with Crippen molar-refractivity contribution in [1.29, 1.82) is 0 Å². The quantitative estimate of drug-likeness (QED) is 0.693. The fourth-order valence-corrected chi connectivity index (χ4v) is 3.89. The van der Waals surface area contributed by atoms with Gasteiger partial charge in [0.05, 0.1) is 36.4 Å². The van der Waals surface area contributed by atoms with Crippen molar-refractivity contribution in [1.82, 2.24) is 19.9 Å². The molecule has 0 saturated carbocycles. The van der Waals surface area contributed by atoms with Crippen molar-refractivity contribution < 1.29 is 23.5 Å². The fraction of sp³-hybridized carbons (Fsp3) is 0.545. The Hall–Kier alpha value is -3.37. The number of cyclic esters (lactones) is 1. The molecule has 1 atom stereocenters. The van der Waals surface area contributed by atoms with Crippen LogP contribution in [0.15, 0.2) is 24.4 Å². The van der Waals surface area contributed by atoms with Crippen LogP contribution < -0.4 is 9.80 Å². The van der Waals surface area contributed by atoms with Gasteiger partial charge in [-0.15, -0.1) is 5.10 Å². The maximum absolute atomic E-state index is 15.0. The van der Waals surface area contributed by atoms with Crippen LogP contribution >= 0.6 is 0 Å². The molecule has 2 aliphatic heterocycles. The van der Waals surface area contributed by atoms with E-state index in [9.17, 15) is 9.59 Å². The van der Waals surface area contributed by atoms with Crippen molar-refractivity contribution >= 4 is 23.6 Å². The molecular weight excluding hydrogens is 431 g/mol. The monoisotopic (exact) mass is 460 g/mol. The number of anilines is 2. The molecular formula is C22H29FN6O4. The number of amides is 2. The van der Waals surface area contributed by atoms with Gasteiger partial charge in [0, 0.05) is 26.2 Å². The summed E-state index contributed by atoms with van der Waals surface area (Å²) in [7, 11) is 0. The number of carbonyl (C=O) groups is 2. The molecule has 178 valence electrons. The van der Waals surface area contributed by atoms with Gasteiger partial charge >= 0.3 is 12.2 Å². The zero-order valence-electron chi connectivity index (χ0n) is 19.3. The van der Waals surface area contributed by atoms with E-state index in [1.54, 1.807) is 27.9 Å². The third kappa shape index (κ3) is 5.18. The maximum atomic E-state index is 15.0. The molecule has 0 unspecified atom stereocenters. The molecule has 1 aromatic heterocycles. The highest BCUT2D eigenvalue weighted by Crippen LogP contribution is 2.29. The van der Waals surface area contributed by atoms with Gasteiger partial charge in [-0.25, -0.2) is 18.7 Å². The Morgan fingerprint density at radius 2 is 1.97 bits per heavy atom. The number of benzene rings is 1. The lowest BCUT2D eigenvalue weighted by Crippen LogP contribution is -2.50. The second kappa shape index (κ2) is 8.87. The van der Waals surface area contributed by atoms with Crippen LogP contribution in [0.25, 0.3) is 0 Å². The Bertz CT molecular complexity index is 1030. The van der Waals surface area contributed by atoms with Crippen molar-refractivity contribution in [3.05, 3.63) is 35.9 Å². The topological polar surface area (TPSA) is 93.0 Å². The predicted molar refractivity (Wildman–Crippen MR) is 119 cm³/mol. The van der Waals surface area contributed by atoms with Gasteiger partial charge in [0.15, 0.2) is 0 Å². The molecule has 0 aliphatic carbocycles. The number of carbonyl (C=O) groups excluding carboxylic acids is 2. The van der Waals surface area contributed by atoms with E-state index in [1.807, 2.05) is 32.6 Å². The van der Waals surface area contributed by atoms with Crippen LogP contribution in [0.5, 0.6) is 0 Å². The molecule has 2 saturated heterocycles. The third-order valence-electron chi connectivity index (χ3n) is 5.58. The molecule has 11 heteroatoms. The smallest absolute Gasteiger partial charge is 0.414 e. The standard InChI is InChI=1S/C22H29FN6O4/c1-15-12-24-25-29(15)14-17-13-28(21(31)32-17)16-5-6-19(18(23)11-16)26-7-9-27(10-8-26)20(30)33-22(2,3)4/h5-6,11-12,17H,7-10,13-14H2,1-4H3/t17-/m1/s1. The maximum Gasteiger partial charge on any atom is 0.414 e. The molecule has 1 aromatic carbocycles. The van der Waals surface area contributed by atoms with Crippen molar-refractivity contribution in [2.24, 2.45) is 0 Å². The van der Waals surface area contributed by atoms with Crippen molar-refractivity contribution in [2.75, 3.05) is 42.5 Å². The second-order valence-electron chi connectivity index (χ2n) is 9.26. The largest absolute Gasteiger partial charge is 0.444 e. The van der Waals surface area contributed by atoms with Crippen LogP contribution in [-0.4, -0.2) is 76.5 Å². The highest BCUT2D eigenvalue weighted by atomic mass is 19.1. The number of piperazine rings is 1. The summed E-state index contributed by atoms with van der Waals surface area (Å²) < 4.78 is 27.5. The Balaban J connectivity index is 1.37. The van der Waals surface area contributed by atoms with E-state index >= 15 is 4.39 Å². The Kier molecular flexibility index (Phi) is 6.13. The first-order chi connectivity index (χ1) is 15.6. The molecule has 2 fully saturated rings. The summed E-state index contributed by atoms with van der Waals surface area (Å²) in [6, 6.07) is 4.72. The minimum absolute atomic E-state index is 0.297. The summed E-state index contributed by atoms with van der Waals surface area (Å²) in [5.74, 6) is -0.429. The minimum Gasteiger partial charge on any atom is -0.444 e. The van der Waals surface area contributed by atoms with E-state index in [-0.39, 0.29) is 6.09 Å². The predicted octanol–water partition coefficient (Wildman–Crippen LogP) is 2.81. The zero-order chi connectivity index (χ0) is 23.8. The van der Waals surface area contributed by atoms with Crippen molar-refractivity contribution in [3.8, 4) is 0 Å². The Labute approximate surface area is 191 Å². The highest BCUT2D eigenvalue weighted by Gasteiger charge is 2.34. The van der Waals surface area contributed by atoms with Gasteiger partial charge in [-0.2, -0.15) is 0 Å². The summed E-state index contributed by atoms with van der Waals surface area (Å²) in [5.41, 5.74) is 1.18. The van der Waals surface area contributed by atoms with Gasteiger partial charge in [0.2, 0.25) is 0 Å². The first-order valence-electron chi connectivity index (χ1n) is 11.0. The molecule has 2 aromatic rings. The third-order valence-corrected chi connectivity index (χ3v) is 5.58. The van der Waals surface area contributed by atoms with Gasteiger partial charge in [-0.1, -0.05) is 5.21 Å². The van der Waals surface area contributed by atoms with Gasteiger partial charge < -0.3 is 19.3 Å². The number of halogens is 1. The number of ether oxygens (including phenoxy) is 2. The molecule has 2 amide bonds. The molecule has 3 heterocycles. The second-order valence-corrected chi connectivity index (χ2v) is 9.26. The van der Waals surface area contributed by atoms with Crippen LogP contribution in [0.3, 0.4) is 0 Å². The summed E-state index contributed by atoms with van der Waals surface area (Å²) >= 11 is 0. The fourth-order valence-electron chi connectivity index (χ4n) is 3.89. The van der Waals surface area contributed by atoms with Crippen LogP contribution in [-0.2, 0) is 16.0 Å². The molecule has 0 N–H and O–H groups in total. The molecule has 2 aliphatic rings. The van der Waals surface area contributed by atoms with Gasteiger partial charge in [-0.05, 0) is 45.9 Å². The Morgan fingerprint density at radius 3 is 2.58 bits per heavy atom. The number of rotatable bonds is 4. The molecule has 4 rings (SSSR count). The molecule has 0 radical (unpaired) electrons. The Morgan fingerprint density at radius 1 is 1.24 bits per heavy atom. The molecule has 0 bridgehead atoms. The van der Waals surface area contributed by atoms with E-state index in [1.165, 1.54) is 11.0 Å². The summed E-state index contributed by atoms with van der Waals surface area (Å²) in [5, 5.41) is 7.80. The number of hydrogen-bond acceptors (Lipinski definition) is 7. The highest BCUT2D eigenvalue weighted by molar-refractivity contribution is 5.90. The van der Waals surface area contributed by atoms with Gasteiger partial charge in [0.1, 0.15) is 17.5 Å². The first kappa shape index (κ1) is 22.8. The molecule has 0 spiro atoms. The van der Waals surface area contributed by atoms with Crippen molar-refractivity contribution in [2.45, 2.75) is 45.9 Å². The van der Waals surface area contributed by atoms with Gasteiger partial charge in [-0.3, -0.25) is 4.90 Å². The summed E-state index contributed by atoms with van der Waals surface area (Å²) in [4.78, 5) is 29.6. The molecule has 10 nitrogen and oxygen atoms in total. The average molecular weight is 461 g/mol. The van der Waals surface area contributed by atoms with Crippen molar-refractivity contribution in [3.63, 3.8) is 0 Å². The minimum atomic E-state index is -0.556. The summed E-state index contributed by atoms with van der Waals surface area (Å²) in [6.07, 6.45) is 0.356. The summed E-state index contributed by atoms with van der Waals surface area (Å²) in [6.45, 7) is 9.89. The van der Waals surface area contributed by atoms with E-state index in [0.717, 1.165) is 5.69 Å². The van der Waals surface area contributed by atoms with Crippen LogP contribution in [0.4, 0.5) is 25.4 Å². The van der Waals surface area contributed by atoms with E-state index in [2.05, 4.69) is 10.3 Å². The molecule has 33 heavy (non-hydrogen) atoms. The SMILES string of the molecule is Cc1cnnn1C[C@H]1CN(c2ccc(N3CCN(C(=O)OC(C)(C)C)CC3)c(F)c2)C(=O)O1. The lowest BCUT2D eigenvalue weighted by molar-refractivity contribution is 0.0240. The van der Waals surface area contributed by atoms with E-state index < -0.39 is 23.6 Å². The van der Waals surface area contributed by atoms with E-state index in [4.69, 9.17) is 9.47 Å². The van der Waals surface area contributed by atoms with Crippen LogP contribution in [0, 0.1) is 12.7 Å². The lowest BCUT2D eigenvalue weighted by atomic mass is 10.2. The average Bonchev–Trinajstić information content (AvgIpc) is 3.32. The van der Waals surface area contributed by atoms with Gasteiger partial charge in [0.25, 0.3) is 0 Å². The van der Waals surface area contributed by atoms with E-state index in [0.29, 0.717) is 50.6 Å². The van der Waals surface area contributed by atoms with Crippen LogP contribution in [0.1, 0.15) is 26.5 Å². The number of nitrogens with zero attached hydrogens (tertiary/aromatic N) is 6. The normalized spacial score (nSPS) is 19.1. The number of hydrogen-bond donors (Lipinski definition) is 0.